The van der Waals surface area contributed by atoms with Crippen molar-refractivity contribution in [3.63, 3.8) is 0 Å². The molecule has 1 aromatic heterocycles. The smallest absolute Gasteiger partial charge is 0.227 e. The van der Waals surface area contributed by atoms with Crippen LogP contribution in [0.15, 0.2) is 24.4 Å². The minimum Gasteiger partial charge on any atom is -0.389 e. The zero-order valence-electron chi connectivity index (χ0n) is 20.0. The molecule has 2 aliphatic heterocycles. The number of hydrogen-bond donors (Lipinski definition) is 2. The van der Waals surface area contributed by atoms with Gasteiger partial charge in [0, 0.05) is 48.0 Å². The molecule has 0 bridgehead atoms. The van der Waals surface area contributed by atoms with Gasteiger partial charge in [-0.1, -0.05) is 29.3 Å². The average Bonchev–Trinajstić information content (AvgIpc) is 2.68. The summed E-state index contributed by atoms with van der Waals surface area (Å²) in [5, 5.41) is 15.0. The lowest BCUT2D eigenvalue weighted by molar-refractivity contribution is 0.0132. The zero-order valence-corrected chi connectivity index (χ0v) is 21.5. The van der Waals surface area contributed by atoms with E-state index in [2.05, 4.69) is 27.0 Å². The fourth-order valence-corrected chi connectivity index (χ4v) is 5.58. The molecule has 2 atom stereocenters. The number of likely N-dealkylation sites (tertiary alicyclic amines) is 1. The van der Waals surface area contributed by atoms with Crippen LogP contribution in [0.25, 0.3) is 0 Å². The van der Waals surface area contributed by atoms with Gasteiger partial charge in [0.15, 0.2) is 0 Å². The van der Waals surface area contributed by atoms with E-state index >= 15 is 0 Å². The van der Waals surface area contributed by atoms with Gasteiger partial charge in [-0.25, -0.2) is 4.98 Å². The summed E-state index contributed by atoms with van der Waals surface area (Å²) in [5.74, 6) is 2.93. The Bertz CT molecular complexity index is 974. The molecular formula is C25H35Cl2N5O. The summed E-state index contributed by atoms with van der Waals surface area (Å²) in [6, 6.07) is 5.56. The zero-order chi connectivity index (χ0) is 23.8. The van der Waals surface area contributed by atoms with Gasteiger partial charge in [0.2, 0.25) is 5.95 Å². The van der Waals surface area contributed by atoms with E-state index in [1.165, 1.54) is 12.8 Å². The summed E-state index contributed by atoms with van der Waals surface area (Å²) in [5.41, 5.74) is 1.35. The third-order valence-electron chi connectivity index (χ3n) is 6.75. The maximum Gasteiger partial charge on any atom is 0.227 e. The molecule has 2 aliphatic rings. The highest BCUT2D eigenvalue weighted by Gasteiger charge is 2.37. The quantitative estimate of drug-likeness (QED) is 0.555. The van der Waals surface area contributed by atoms with E-state index in [9.17, 15) is 5.11 Å². The van der Waals surface area contributed by atoms with E-state index in [1.54, 1.807) is 6.07 Å². The van der Waals surface area contributed by atoms with Crippen molar-refractivity contribution in [2.75, 3.05) is 42.9 Å². The van der Waals surface area contributed by atoms with Crippen LogP contribution in [0.4, 0.5) is 11.8 Å². The maximum absolute atomic E-state index is 10.2. The molecule has 2 N–H and O–H groups in total. The number of hydrogen-bond acceptors (Lipinski definition) is 6. The second-order valence-electron chi connectivity index (χ2n) is 10.3. The van der Waals surface area contributed by atoms with Crippen molar-refractivity contribution in [1.82, 2.24) is 14.9 Å². The Labute approximate surface area is 207 Å². The fourth-order valence-electron chi connectivity index (χ4n) is 5.01. The van der Waals surface area contributed by atoms with Crippen molar-refractivity contribution in [2.24, 2.45) is 11.8 Å². The summed E-state index contributed by atoms with van der Waals surface area (Å²) < 4.78 is 0. The number of nitrogens with one attached hydrogen (secondary N) is 1. The summed E-state index contributed by atoms with van der Waals surface area (Å²) in [6.45, 7) is 12.7. The van der Waals surface area contributed by atoms with Gasteiger partial charge in [-0.3, -0.25) is 0 Å². The number of aliphatic hydroxyl groups is 1. The third kappa shape index (κ3) is 6.10. The van der Waals surface area contributed by atoms with Crippen LogP contribution in [0.5, 0.6) is 0 Å². The van der Waals surface area contributed by atoms with E-state index in [0.29, 0.717) is 21.9 Å². The van der Waals surface area contributed by atoms with Crippen LogP contribution in [-0.2, 0) is 0 Å². The molecule has 2 aromatic rings. The molecule has 180 valence electrons. The molecule has 3 heterocycles. The summed E-state index contributed by atoms with van der Waals surface area (Å²) >= 11 is 12.4. The predicted octanol–water partition coefficient (Wildman–Crippen LogP) is 5.18. The van der Waals surface area contributed by atoms with Gasteiger partial charge in [-0.15, -0.1) is 0 Å². The Balaban J connectivity index is 1.37. The molecule has 1 aromatic carbocycles. The molecule has 1 unspecified atom stereocenters. The van der Waals surface area contributed by atoms with E-state index in [1.807, 2.05) is 39.1 Å². The van der Waals surface area contributed by atoms with Crippen molar-refractivity contribution in [2.45, 2.75) is 52.2 Å². The lowest BCUT2D eigenvalue weighted by Gasteiger charge is -2.47. The number of rotatable bonds is 7. The molecule has 33 heavy (non-hydrogen) atoms. The van der Waals surface area contributed by atoms with Crippen LogP contribution in [0.1, 0.15) is 50.8 Å². The van der Waals surface area contributed by atoms with Crippen LogP contribution < -0.4 is 10.2 Å². The molecule has 0 aliphatic carbocycles. The molecule has 8 heteroatoms. The maximum atomic E-state index is 10.2. The number of halogens is 2. The van der Waals surface area contributed by atoms with Crippen LogP contribution in [0.2, 0.25) is 10.0 Å². The third-order valence-corrected chi connectivity index (χ3v) is 7.32. The van der Waals surface area contributed by atoms with Gasteiger partial charge in [0.1, 0.15) is 5.82 Å². The largest absolute Gasteiger partial charge is 0.389 e. The predicted molar refractivity (Wildman–Crippen MR) is 136 cm³/mol. The molecule has 0 amide bonds. The first-order valence-electron chi connectivity index (χ1n) is 11.8. The number of nitrogens with zero attached hydrogens (tertiary/aromatic N) is 4. The Morgan fingerprint density at radius 2 is 1.97 bits per heavy atom. The number of aryl methyl sites for hydroxylation is 1. The Morgan fingerprint density at radius 1 is 1.21 bits per heavy atom. The minimum atomic E-state index is -0.639. The normalized spacial score (nSPS) is 21.1. The lowest BCUT2D eigenvalue weighted by atomic mass is 9.80. The van der Waals surface area contributed by atoms with Crippen molar-refractivity contribution >= 4 is 35.0 Å². The minimum absolute atomic E-state index is 0.00986. The van der Waals surface area contributed by atoms with Gasteiger partial charge in [0.05, 0.1) is 11.6 Å². The number of benzene rings is 1. The molecule has 0 saturated carbocycles. The summed E-state index contributed by atoms with van der Waals surface area (Å²) in [6.07, 6.45) is 4.36. The first kappa shape index (κ1) is 24.5. The summed E-state index contributed by atoms with van der Waals surface area (Å²) in [7, 11) is 0. The highest BCUT2D eigenvalue weighted by Crippen LogP contribution is 2.34. The topological polar surface area (TPSA) is 64.5 Å². The Morgan fingerprint density at radius 3 is 2.67 bits per heavy atom. The Kier molecular flexibility index (Phi) is 7.39. The molecule has 0 spiro atoms. The number of aromatic nitrogens is 2. The van der Waals surface area contributed by atoms with Crippen molar-refractivity contribution in [1.29, 1.82) is 0 Å². The van der Waals surface area contributed by atoms with Gasteiger partial charge in [-0.2, -0.15) is 4.98 Å². The first-order chi connectivity index (χ1) is 15.6. The summed E-state index contributed by atoms with van der Waals surface area (Å²) in [4.78, 5) is 14.1. The van der Waals surface area contributed by atoms with Crippen LogP contribution in [-0.4, -0.2) is 58.3 Å². The van der Waals surface area contributed by atoms with Gasteiger partial charge in [-0.05, 0) is 76.6 Å². The first-order valence-corrected chi connectivity index (χ1v) is 12.6. The lowest BCUT2D eigenvalue weighted by Crippen LogP contribution is -2.55. The van der Waals surface area contributed by atoms with Crippen molar-refractivity contribution in [3.05, 3.63) is 45.6 Å². The van der Waals surface area contributed by atoms with Crippen LogP contribution >= 0.6 is 23.2 Å². The van der Waals surface area contributed by atoms with E-state index in [-0.39, 0.29) is 6.04 Å². The SMILES string of the molecule is Cc1cnc(N2CC([C@H]3CCCN(CC(C)(C)O)C3)C2)nc1NC(C)c1ccc(Cl)cc1Cl. The highest BCUT2D eigenvalue weighted by molar-refractivity contribution is 6.35. The molecule has 2 fully saturated rings. The number of piperidine rings is 1. The second kappa shape index (κ2) is 9.95. The molecule has 0 radical (unpaired) electrons. The standard InChI is InChI=1S/C25H35Cl2N5O/c1-16-11-28-24(30-23(16)29-17(2)21-8-7-20(26)10-22(21)27)32-13-19(14-32)18-6-5-9-31(12-18)15-25(3,4)33/h7-8,10-11,17-19,33H,5-6,9,12-15H2,1-4H3,(H,28,29,30)/t17?,18-/m0/s1. The molecule has 2 saturated heterocycles. The van der Waals surface area contributed by atoms with Crippen LogP contribution in [0.3, 0.4) is 0 Å². The average molecular weight is 492 g/mol. The van der Waals surface area contributed by atoms with Crippen LogP contribution in [0, 0.1) is 18.8 Å². The number of β-amino-alcohol motifs (C(OH)–C–C–N with tert-alkyl or cyclic N) is 1. The van der Waals surface area contributed by atoms with Gasteiger partial charge < -0.3 is 20.2 Å². The monoisotopic (exact) mass is 491 g/mol. The van der Waals surface area contributed by atoms with Gasteiger partial charge in [0.25, 0.3) is 0 Å². The van der Waals surface area contributed by atoms with Gasteiger partial charge >= 0.3 is 0 Å². The highest BCUT2D eigenvalue weighted by atomic mass is 35.5. The second-order valence-corrected chi connectivity index (χ2v) is 11.2. The molecular weight excluding hydrogens is 457 g/mol. The molecule has 4 rings (SSSR count). The fraction of sp³-hybridized carbons (Fsp3) is 0.600. The van der Waals surface area contributed by atoms with Crippen molar-refractivity contribution in [3.8, 4) is 0 Å². The van der Waals surface area contributed by atoms with E-state index in [0.717, 1.165) is 55.6 Å². The number of anilines is 2. The molecule has 6 nitrogen and oxygen atoms in total. The van der Waals surface area contributed by atoms with E-state index < -0.39 is 5.60 Å². The van der Waals surface area contributed by atoms with Crippen molar-refractivity contribution < 1.29 is 5.11 Å². The van der Waals surface area contributed by atoms with E-state index in [4.69, 9.17) is 28.2 Å². The Hall–Kier alpha value is -1.60.